The molecule has 0 atom stereocenters. The van der Waals surface area contributed by atoms with E-state index in [1.807, 2.05) is 54.6 Å². The number of rotatable bonds is 1. The second-order valence-electron chi connectivity index (χ2n) is 5.29. The van der Waals surface area contributed by atoms with Gasteiger partial charge in [-0.1, -0.05) is 36.4 Å². The van der Waals surface area contributed by atoms with Gasteiger partial charge in [0.05, 0.1) is 22.7 Å². The van der Waals surface area contributed by atoms with E-state index in [2.05, 4.69) is 10.2 Å². The fourth-order valence-electron chi connectivity index (χ4n) is 2.97. The maximum atomic E-state index is 4.74. The van der Waals surface area contributed by atoms with Crippen molar-refractivity contribution in [2.24, 2.45) is 0 Å². The van der Waals surface area contributed by atoms with Crippen molar-refractivity contribution in [1.29, 1.82) is 0 Å². The molecule has 4 nitrogen and oxygen atoms in total. The van der Waals surface area contributed by atoms with Gasteiger partial charge in [-0.25, -0.2) is 9.97 Å². The lowest BCUT2D eigenvalue weighted by Gasteiger charge is -2.09. The molecule has 0 amide bonds. The van der Waals surface area contributed by atoms with Gasteiger partial charge >= 0.3 is 0 Å². The third kappa shape index (κ3) is 1.52. The molecule has 0 aliphatic heterocycles. The van der Waals surface area contributed by atoms with Crippen molar-refractivity contribution in [2.75, 3.05) is 0 Å². The average Bonchev–Trinajstić information content (AvgIpc) is 2.60. The molecular weight excluding hydrogens is 272 g/mol. The summed E-state index contributed by atoms with van der Waals surface area (Å²) in [5, 5.41) is 11.5. The zero-order chi connectivity index (χ0) is 14.5. The van der Waals surface area contributed by atoms with Gasteiger partial charge in [-0.3, -0.25) is 0 Å². The van der Waals surface area contributed by atoms with Gasteiger partial charge in [0.25, 0.3) is 0 Å². The van der Waals surface area contributed by atoms with E-state index in [1.54, 1.807) is 6.20 Å². The van der Waals surface area contributed by atoms with Crippen LogP contribution in [-0.2, 0) is 0 Å². The van der Waals surface area contributed by atoms with E-state index >= 15 is 0 Å². The first kappa shape index (κ1) is 11.5. The summed E-state index contributed by atoms with van der Waals surface area (Å²) in [5.41, 5.74) is 3.78. The Morgan fingerprint density at radius 2 is 1.36 bits per heavy atom. The number of hydrogen-bond donors (Lipinski definition) is 0. The van der Waals surface area contributed by atoms with Crippen LogP contribution >= 0.6 is 0 Å². The van der Waals surface area contributed by atoms with Gasteiger partial charge in [-0.15, -0.1) is 0 Å². The number of hydrogen-bond acceptors (Lipinski definition) is 4. The Kier molecular flexibility index (Phi) is 2.19. The highest BCUT2D eigenvalue weighted by Crippen LogP contribution is 2.32. The molecule has 3 aromatic carbocycles. The van der Waals surface area contributed by atoms with E-state index in [-0.39, 0.29) is 0 Å². The predicted molar refractivity (Wildman–Crippen MR) is 86.8 cm³/mol. The fraction of sp³-hybridized carbons (Fsp3) is 0. The number of aromatic nitrogens is 4. The van der Waals surface area contributed by atoms with Crippen molar-refractivity contribution in [1.82, 2.24) is 20.2 Å². The van der Waals surface area contributed by atoms with Gasteiger partial charge in [-0.05, 0) is 18.2 Å². The third-order valence-electron chi connectivity index (χ3n) is 3.97. The van der Waals surface area contributed by atoms with Gasteiger partial charge in [0, 0.05) is 21.7 Å². The van der Waals surface area contributed by atoms with Crippen molar-refractivity contribution in [2.45, 2.75) is 0 Å². The average molecular weight is 282 g/mol. The molecule has 0 N–H and O–H groups in total. The van der Waals surface area contributed by atoms with Crippen molar-refractivity contribution >= 4 is 32.7 Å². The molecular formula is C18H10N4. The Labute approximate surface area is 125 Å². The minimum absolute atomic E-state index is 0.748. The van der Waals surface area contributed by atoms with Crippen LogP contribution in [0.1, 0.15) is 0 Å². The van der Waals surface area contributed by atoms with Crippen LogP contribution in [0, 0.1) is 0 Å². The molecule has 0 fully saturated rings. The summed E-state index contributed by atoms with van der Waals surface area (Å²) < 4.78 is 0. The zero-order valence-electron chi connectivity index (χ0n) is 11.6. The van der Waals surface area contributed by atoms with Gasteiger partial charge in [-0.2, -0.15) is 10.2 Å². The van der Waals surface area contributed by atoms with Gasteiger partial charge in [0.2, 0.25) is 0 Å². The summed E-state index contributed by atoms with van der Waals surface area (Å²) in [6, 6.07) is 18.1. The standard InChI is InChI=1S/C18H10N4/c1-2-4-11(5-3-1)18-20-13-7-6-12-10-19-22-15-9-8-14(21-18)17(13)16(12)15/h1-10H. The molecule has 0 saturated carbocycles. The van der Waals surface area contributed by atoms with Crippen molar-refractivity contribution in [3.8, 4) is 11.4 Å². The van der Waals surface area contributed by atoms with Gasteiger partial charge in [0.15, 0.2) is 5.82 Å². The summed E-state index contributed by atoms with van der Waals surface area (Å²) in [7, 11) is 0. The minimum atomic E-state index is 0.748. The van der Waals surface area contributed by atoms with Crippen molar-refractivity contribution in [3.63, 3.8) is 0 Å². The van der Waals surface area contributed by atoms with E-state index in [0.29, 0.717) is 0 Å². The maximum absolute atomic E-state index is 4.74. The zero-order valence-corrected chi connectivity index (χ0v) is 11.6. The summed E-state index contributed by atoms with van der Waals surface area (Å²) >= 11 is 0. The molecule has 4 heteroatoms. The van der Waals surface area contributed by atoms with Gasteiger partial charge in [0.1, 0.15) is 0 Å². The molecule has 0 aliphatic carbocycles. The molecule has 2 heterocycles. The van der Waals surface area contributed by atoms with Crippen molar-refractivity contribution in [3.05, 3.63) is 60.8 Å². The Balaban J connectivity index is 1.95. The molecule has 5 aromatic rings. The smallest absolute Gasteiger partial charge is 0.160 e. The molecule has 0 radical (unpaired) electrons. The van der Waals surface area contributed by atoms with Crippen LogP contribution in [-0.4, -0.2) is 20.2 Å². The Morgan fingerprint density at radius 3 is 2.18 bits per heavy atom. The van der Waals surface area contributed by atoms with E-state index < -0.39 is 0 Å². The molecule has 0 saturated heterocycles. The number of benzene rings is 3. The largest absolute Gasteiger partial charge is 0.228 e. The quantitative estimate of drug-likeness (QED) is 0.438. The van der Waals surface area contributed by atoms with E-state index in [0.717, 1.165) is 44.1 Å². The Bertz CT molecular complexity index is 1060. The fourth-order valence-corrected chi connectivity index (χ4v) is 2.97. The lowest BCUT2D eigenvalue weighted by Crippen LogP contribution is -1.95. The summed E-state index contributed by atoms with van der Waals surface area (Å²) in [6.07, 6.45) is 1.78. The first-order valence-electron chi connectivity index (χ1n) is 7.10. The van der Waals surface area contributed by atoms with Crippen LogP contribution in [0.3, 0.4) is 0 Å². The van der Waals surface area contributed by atoms with Crippen LogP contribution in [0.15, 0.2) is 60.8 Å². The lowest BCUT2D eigenvalue weighted by atomic mass is 10.0. The Morgan fingerprint density at radius 1 is 0.636 bits per heavy atom. The van der Waals surface area contributed by atoms with Crippen LogP contribution in [0.5, 0.6) is 0 Å². The molecule has 2 aromatic heterocycles. The molecule has 102 valence electrons. The van der Waals surface area contributed by atoms with E-state index in [1.165, 1.54) is 0 Å². The SMILES string of the molecule is c1ccc(-c2nc3ccc4cnnc5ccc(n2)c3c45)cc1. The van der Waals surface area contributed by atoms with Crippen LogP contribution in [0.4, 0.5) is 0 Å². The van der Waals surface area contributed by atoms with Crippen LogP contribution in [0.2, 0.25) is 0 Å². The molecule has 22 heavy (non-hydrogen) atoms. The van der Waals surface area contributed by atoms with Crippen LogP contribution < -0.4 is 0 Å². The lowest BCUT2D eigenvalue weighted by molar-refractivity contribution is 1.09. The second-order valence-corrected chi connectivity index (χ2v) is 5.29. The minimum Gasteiger partial charge on any atom is -0.228 e. The first-order valence-corrected chi connectivity index (χ1v) is 7.10. The molecule has 0 bridgehead atoms. The topological polar surface area (TPSA) is 51.6 Å². The highest BCUT2D eigenvalue weighted by molar-refractivity contribution is 6.20. The Hall–Kier alpha value is -3.14. The monoisotopic (exact) mass is 282 g/mol. The molecule has 5 rings (SSSR count). The molecule has 0 spiro atoms. The summed E-state index contributed by atoms with van der Waals surface area (Å²) in [6.45, 7) is 0. The summed E-state index contributed by atoms with van der Waals surface area (Å²) in [4.78, 5) is 9.48. The van der Waals surface area contributed by atoms with E-state index in [4.69, 9.17) is 9.97 Å². The molecule has 0 aliphatic rings. The normalized spacial score (nSPS) is 11.6. The second kappa shape index (κ2) is 4.18. The molecule has 0 unspecified atom stereocenters. The van der Waals surface area contributed by atoms with E-state index in [9.17, 15) is 0 Å². The number of nitrogens with zero attached hydrogens (tertiary/aromatic N) is 4. The first-order chi connectivity index (χ1) is 10.9. The maximum Gasteiger partial charge on any atom is 0.160 e. The highest BCUT2D eigenvalue weighted by atomic mass is 15.1. The highest BCUT2D eigenvalue weighted by Gasteiger charge is 2.12. The van der Waals surface area contributed by atoms with Gasteiger partial charge < -0.3 is 0 Å². The van der Waals surface area contributed by atoms with Crippen LogP contribution in [0.25, 0.3) is 44.1 Å². The van der Waals surface area contributed by atoms with Crippen molar-refractivity contribution < 1.29 is 0 Å². The predicted octanol–water partition coefficient (Wildman–Crippen LogP) is 3.83. The summed E-state index contributed by atoms with van der Waals surface area (Å²) in [5.74, 6) is 0.748. The third-order valence-corrected chi connectivity index (χ3v) is 3.97.